The predicted octanol–water partition coefficient (Wildman–Crippen LogP) is 0.347. The van der Waals surface area contributed by atoms with Crippen molar-refractivity contribution in [3.05, 3.63) is 5.82 Å². The van der Waals surface area contributed by atoms with Crippen LogP contribution in [0.1, 0.15) is 37.5 Å². The average Bonchev–Trinajstić information content (AvgIpc) is 3.00. The highest BCUT2D eigenvalue weighted by Crippen LogP contribution is 2.35. The fraction of sp³-hybridized carbons (Fsp3) is 0.917. The Balaban J connectivity index is 1.37. The number of aromatic nitrogens is 4. The lowest BCUT2D eigenvalue weighted by atomic mass is 10.0. The molecular weight excluding hydrogens is 246 g/mol. The zero-order valence-electron chi connectivity index (χ0n) is 11.0. The maximum absolute atomic E-state index is 5.74. The molecular formula is C12H19N5O2. The minimum Gasteiger partial charge on any atom is -0.347 e. The van der Waals surface area contributed by atoms with Gasteiger partial charge < -0.3 is 9.47 Å². The lowest BCUT2D eigenvalue weighted by molar-refractivity contribution is -0.186. The molecule has 3 heterocycles. The summed E-state index contributed by atoms with van der Waals surface area (Å²) >= 11 is 0. The second-order valence-electron chi connectivity index (χ2n) is 5.65. The molecule has 1 aromatic rings. The van der Waals surface area contributed by atoms with Gasteiger partial charge in [0.1, 0.15) is 0 Å². The fourth-order valence-electron chi connectivity index (χ4n) is 2.96. The van der Waals surface area contributed by atoms with Gasteiger partial charge in [-0.3, -0.25) is 4.90 Å². The smallest absolute Gasteiger partial charge is 0.170 e. The largest absolute Gasteiger partial charge is 0.347 e. The zero-order chi connectivity index (χ0) is 12.7. The Bertz CT molecular complexity index is 443. The van der Waals surface area contributed by atoms with E-state index in [0.717, 1.165) is 51.5 Å². The van der Waals surface area contributed by atoms with E-state index in [1.165, 1.54) is 12.8 Å². The summed E-state index contributed by atoms with van der Waals surface area (Å²) in [5, 5.41) is 12.1. The number of tetrazole rings is 1. The third-order valence-electron chi connectivity index (χ3n) is 4.25. The summed E-state index contributed by atoms with van der Waals surface area (Å²) in [6.07, 6.45) is 4.31. The first-order valence-electron chi connectivity index (χ1n) is 7.12. The molecule has 3 fully saturated rings. The lowest BCUT2D eigenvalue weighted by Crippen LogP contribution is -2.45. The molecule has 0 radical (unpaired) electrons. The van der Waals surface area contributed by atoms with Gasteiger partial charge in [0.05, 0.1) is 25.8 Å². The van der Waals surface area contributed by atoms with E-state index in [1.54, 1.807) is 0 Å². The summed E-state index contributed by atoms with van der Waals surface area (Å²) < 4.78 is 13.5. The van der Waals surface area contributed by atoms with Gasteiger partial charge in [-0.25, -0.2) is 4.68 Å². The van der Waals surface area contributed by atoms with Crippen LogP contribution in [0.4, 0.5) is 0 Å². The second-order valence-corrected chi connectivity index (χ2v) is 5.65. The number of hydrogen-bond acceptors (Lipinski definition) is 6. The van der Waals surface area contributed by atoms with E-state index in [9.17, 15) is 0 Å². The molecule has 2 aliphatic heterocycles. The summed E-state index contributed by atoms with van der Waals surface area (Å²) in [4.78, 5) is 2.39. The summed E-state index contributed by atoms with van der Waals surface area (Å²) in [5.74, 6) is 0.700. The SMILES string of the molecule is C1COC2(CCN(Cc3nnnn3C3CC3)CC2)O1. The lowest BCUT2D eigenvalue weighted by Gasteiger charge is -2.37. The molecule has 1 aliphatic carbocycles. The molecule has 0 amide bonds. The first-order valence-corrected chi connectivity index (χ1v) is 7.12. The van der Waals surface area contributed by atoms with Gasteiger partial charge in [-0.1, -0.05) is 0 Å². The van der Waals surface area contributed by atoms with Crippen LogP contribution in [0.2, 0.25) is 0 Å². The predicted molar refractivity (Wildman–Crippen MR) is 65.2 cm³/mol. The normalized spacial score (nSPS) is 27.2. The van der Waals surface area contributed by atoms with E-state index in [1.807, 2.05) is 4.68 Å². The molecule has 1 saturated carbocycles. The van der Waals surface area contributed by atoms with E-state index < -0.39 is 0 Å². The number of piperidine rings is 1. The molecule has 7 nitrogen and oxygen atoms in total. The minimum absolute atomic E-state index is 0.293. The molecule has 0 atom stereocenters. The van der Waals surface area contributed by atoms with Crippen LogP contribution in [0, 0.1) is 0 Å². The third-order valence-corrected chi connectivity index (χ3v) is 4.25. The van der Waals surface area contributed by atoms with Crippen LogP contribution in [-0.4, -0.2) is 57.2 Å². The van der Waals surface area contributed by atoms with Crippen LogP contribution in [-0.2, 0) is 16.0 Å². The molecule has 0 N–H and O–H groups in total. The first-order chi connectivity index (χ1) is 9.35. The molecule has 4 rings (SSSR count). The molecule has 1 aromatic heterocycles. The molecule has 0 unspecified atom stereocenters. The van der Waals surface area contributed by atoms with Crippen molar-refractivity contribution in [1.82, 2.24) is 25.1 Å². The molecule has 1 spiro atoms. The van der Waals surface area contributed by atoms with E-state index in [-0.39, 0.29) is 5.79 Å². The summed E-state index contributed by atoms with van der Waals surface area (Å²) in [6, 6.07) is 0.544. The van der Waals surface area contributed by atoms with Crippen molar-refractivity contribution in [2.24, 2.45) is 0 Å². The molecule has 3 aliphatic rings. The third kappa shape index (κ3) is 2.26. The van der Waals surface area contributed by atoms with Crippen LogP contribution in [0.25, 0.3) is 0 Å². The van der Waals surface area contributed by atoms with Gasteiger partial charge in [0, 0.05) is 25.9 Å². The maximum atomic E-state index is 5.74. The monoisotopic (exact) mass is 265 g/mol. The maximum Gasteiger partial charge on any atom is 0.170 e. The Morgan fingerprint density at radius 3 is 2.58 bits per heavy atom. The number of hydrogen-bond donors (Lipinski definition) is 0. The topological polar surface area (TPSA) is 65.3 Å². The van der Waals surface area contributed by atoms with Crippen LogP contribution in [0.5, 0.6) is 0 Å². The van der Waals surface area contributed by atoms with E-state index >= 15 is 0 Å². The van der Waals surface area contributed by atoms with Crippen molar-refractivity contribution >= 4 is 0 Å². The van der Waals surface area contributed by atoms with Gasteiger partial charge in [0.15, 0.2) is 11.6 Å². The number of ether oxygens (including phenoxy) is 2. The van der Waals surface area contributed by atoms with Crippen molar-refractivity contribution in [1.29, 1.82) is 0 Å². The molecule has 7 heteroatoms. The number of nitrogens with zero attached hydrogens (tertiary/aromatic N) is 5. The van der Waals surface area contributed by atoms with Gasteiger partial charge in [0.2, 0.25) is 0 Å². The molecule has 0 bridgehead atoms. The molecule has 104 valence electrons. The summed E-state index contributed by atoms with van der Waals surface area (Å²) in [7, 11) is 0. The van der Waals surface area contributed by atoms with E-state index in [0.29, 0.717) is 6.04 Å². The number of rotatable bonds is 3. The van der Waals surface area contributed by atoms with Gasteiger partial charge in [-0.15, -0.1) is 5.10 Å². The van der Waals surface area contributed by atoms with Gasteiger partial charge >= 0.3 is 0 Å². The number of likely N-dealkylation sites (tertiary alicyclic amines) is 1. The quantitative estimate of drug-likeness (QED) is 0.785. The summed E-state index contributed by atoms with van der Waals surface area (Å²) in [6.45, 7) is 4.27. The van der Waals surface area contributed by atoms with Crippen molar-refractivity contribution in [2.45, 2.75) is 44.1 Å². The highest BCUT2D eigenvalue weighted by atomic mass is 16.7. The van der Waals surface area contributed by atoms with Crippen LogP contribution >= 0.6 is 0 Å². The Hall–Kier alpha value is -1.05. The van der Waals surface area contributed by atoms with Gasteiger partial charge in [0.25, 0.3) is 0 Å². The Labute approximate surface area is 111 Å². The average molecular weight is 265 g/mol. The highest BCUT2D eigenvalue weighted by Gasteiger charge is 2.40. The van der Waals surface area contributed by atoms with Crippen LogP contribution < -0.4 is 0 Å². The van der Waals surface area contributed by atoms with Crippen molar-refractivity contribution in [3.63, 3.8) is 0 Å². The van der Waals surface area contributed by atoms with Crippen molar-refractivity contribution < 1.29 is 9.47 Å². The Morgan fingerprint density at radius 1 is 1.16 bits per heavy atom. The highest BCUT2D eigenvalue weighted by molar-refractivity contribution is 4.92. The standard InChI is InChI=1S/C12H19N5O2/c1-2-10(1)17-11(13-14-15-17)9-16-5-3-12(4-6-16)18-7-8-19-12/h10H,1-9H2. The molecule has 19 heavy (non-hydrogen) atoms. The van der Waals surface area contributed by atoms with E-state index in [2.05, 4.69) is 20.4 Å². The second kappa shape index (κ2) is 4.50. The Morgan fingerprint density at radius 2 is 1.89 bits per heavy atom. The summed E-state index contributed by atoms with van der Waals surface area (Å²) in [5.41, 5.74) is 0. The van der Waals surface area contributed by atoms with Crippen LogP contribution in [0.3, 0.4) is 0 Å². The zero-order valence-corrected chi connectivity index (χ0v) is 11.0. The van der Waals surface area contributed by atoms with Gasteiger partial charge in [-0.2, -0.15) is 0 Å². The van der Waals surface area contributed by atoms with E-state index in [4.69, 9.17) is 9.47 Å². The molecule has 2 saturated heterocycles. The Kier molecular flexibility index (Phi) is 2.78. The molecule has 0 aromatic carbocycles. The van der Waals surface area contributed by atoms with Crippen molar-refractivity contribution in [3.8, 4) is 0 Å². The van der Waals surface area contributed by atoms with Gasteiger partial charge in [-0.05, 0) is 23.3 Å². The minimum atomic E-state index is -0.293. The van der Waals surface area contributed by atoms with Crippen molar-refractivity contribution in [2.75, 3.05) is 26.3 Å². The fourth-order valence-corrected chi connectivity index (χ4v) is 2.96. The van der Waals surface area contributed by atoms with Crippen LogP contribution in [0.15, 0.2) is 0 Å². The first kappa shape index (κ1) is 11.7.